The van der Waals surface area contributed by atoms with Crippen LogP contribution < -0.4 is 21.9 Å². The lowest BCUT2D eigenvalue weighted by Crippen LogP contribution is -2.51. The molecule has 2 aromatic carbocycles. The summed E-state index contributed by atoms with van der Waals surface area (Å²) >= 11 is 0. The molecule has 0 saturated carbocycles. The minimum atomic E-state index is -4.85. The molecule has 1 unspecified atom stereocenters. The molecule has 4 aromatic rings. The van der Waals surface area contributed by atoms with Gasteiger partial charge >= 0.3 is 11.9 Å². The molecule has 0 spiro atoms. The highest BCUT2D eigenvalue weighted by molar-refractivity contribution is 5.50. The number of rotatable bonds is 8. The van der Waals surface area contributed by atoms with Crippen LogP contribution in [-0.4, -0.2) is 45.2 Å². The Balaban J connectivity index is 1.56. The summed E-state index contributed by atoms with van der Waals surface area (Å²) in [4.78, 5) is 35.7. The fourth-order valence-corrected chi connectivity index (χ4v) is 5.32. The van der Waals surface area contributed by atoms with Crippen molar-refractivity contribution in [1.29, 1.82) is 0 Å². The van der Waals surface area contributed by atoms with Gasteiger partial charge < -0.3 is 15.1 Å². The summed E-state index contributed by atoms with van der Waals surface area (Å²) in [5, 5.41) is 0. The van der Waals surface area contributed by atoms with Gasteiger partial charge in [-0.25, -0.2) is 14.2 Å². The van der Waals surface area contributed by atoms with Crippen molar-refractivity contribution in [3.8, 4) is 0 Å². The molecule has 0 aliphatic carbocycles. The van der Waals surface area contributed by atoms with E-state index in [1.165, 1.54) is 13.3 Å². The highest BCUT2D eigenvalue weighted by Gasteiger charge is 2.35. The van der Waals surface area contributed by atoms with E-state index in [9.17, 15) is 27.2 Å². The van der Waals surface area contributed by atoms with Crippen LogP contribution in [0.5, 0.6) is 0 Å². The van der Waals surface area contributed by atoms with Gasteiger partial charge in [0.1, 0.15) is 17.8 Å². The second-order valence-electron chi connectivity index (χ2n) is 10.2. The molecule has 9 nitrogen and oxygen atoms in total. The third-order valence-electron chi connectivity index (χ3n) is 7.56. The van der Waals surface area contributed by atoms with Crippen LogP contribution in [-0.2, 0) is 25.8 Å². The predicted octanol–water partition coefficient (Wildman–Crippen LogP) is 3.53. The molecule has 0 bridgehead atoms. The fourth-order valence-electron chi connectivity index (χ4n) is 5.32. The number of hydrogen-bond acceptors (Lipinski definition) is 7. The van der Waals surface area contributed by atoms with Crippen LogP contribution in [0.25, 0.3) is 0 Å². The average Bonchev–Trinajstić information content (AvgIpc) is 3.48. The van der Waals surface area contributed by atoms with E-state index in [0.717, 1.165) is 33.0 Å². The van der Waals surface area contributed by atoms with Crippen molar-refractivity contribution in [2.45, 2.75) is 38.8 Å². The molecule has 1 atom stereocenters. The highest BCUT2D eigenvalue weighted by Crippen LogP contribution is 2.33. The maximum absolute atomic E-state index is 14.9. The van der Waals surface area contributed by atoms with Crippen molar-refractivity contribution in [1.82, 2.24) is 19.0 Å². The van der Waals surface area contributed by atoms with Crippen LogP contribution in [0.2, 0.25) is 0 Å². The molecular formula is C29H30F4N6O3. The molecule has 222 valence electrons. The van der Waals surface area contributed by atoms with Crippen LogP contribution in [0, 0.1) is 12.7 Å². The molecule has 3 heterocycles. The van der Waals surface area contributed by atoms with Crippen molar-refractivity contribution in [2.75, 3.05) is 31.1 Å². The van der Waals surface area contributed by atoms with Gasteiger partial charge in [-0.05, 0) is 24.6 Å². The summed E-state index contributed by atoms with van der Waals surface area (Å²) in [5.41, 5.74) is 4.78. The van der Waals surface area contributed by atoms with Gasteiger partial charge in [0.25, 0.3) is 5.56 Å². The zero-order chi connectivity index (χ0) is 30.0. The molecule has 1 fully saturated rings. The monoisotopic (exact) mass is 586 g/mol. The first-order valence-electron chi connectivity index (χ1n) is 13.4. The molecule has 0 radical (unpaired) electrons. The first-order chi connectivity index (χ1) is 20.0. The van der Waals surface area contributed by atoms with Crippen molar-refractivity contribution in [3.63, 3.8) is 0 Å². The number of halogens is 4. The van der Waals surface area contributed by atoms with Crippen LogP contribution in [0.4, 0.5) is 23.2 Å². The first kappa shape index (κ1) is 29.3. The Morgan fingerprint density at radius 3 is 2.33 bits per heavy atom. The van der Waals surface area contributed by atoms with Gasteiger partial charge in [-0.2, -0.15) is 13.2 Å². The number of anilines is 1. The quantitative estimate of drug-likeness (QED) is 0.315. The standard InChI is InChI=1S/C29H30F4N6O3/c1-19-26(37-12-10-36(11-13-37)14-21-17-42-18-35-21)27(40)39(16-25(34)20-6-3-2-4-7-20)28(41)38(19)15-22-23(29(31,32)33)8-5-9-24(22)30/h2-9,17-18,25H,10-16,34H2,1H3. The third kappa shape index (κ3) is 6.02. The van der Waals surface area contributed by atoms with Gasteiger partial charge in [-0.3, -0.25) is 18.8 Å². The number of aromatic nitrogens is 3. The molecule has 0 amide bonds. The zero-order valence-corrected chi connectivity index (χ0v) is 22.9. The van der Waals surface area contributed by atoms with Gasteiger partial charge in [0.05, 0.1) is 24.3 Å². The van der Waals surface area contributed by atoms with Gasteiger partial charge in [-0.1, -0.05) is 36.4 Å². The van der Waals surface area contributed by atoms with Crippen LogP contribution >= 0.6 is 0 Å². The van der Waals surface area contributed by atoms with E-state index in [0.29, 0.717) is 38.3 Å². The second kappa shape index (κ2) is 11.9. The Bertz CT molecular complexity index is 1640. The normalized spacial score (nSPS) is 15.2. The molecular weight excluding hydrogens is 556 g/mol. The number of benzene rings is 2. The fraction of sp³-hybridized carbons (Fsp3) is 0.345. The molecule has 2 N–H and O–H groups in total. The molecule has 1 aliphatic heterocycles. The van der Waals surface area contributed by atoms with E-state index in [1.807, 2.05) is 4.90 Å². The lowest BCUT2D eigenvalue weighted by atomic mass is 10.1. The van der Waals surface area contributed by atoms with E-state index < -0.39 is 47.0 Å². The molecule has 13 heteroatoms. The lowest BCUT2D eigenvalue weighted by molar-refractivity contribution is -0.138. The number of piperazine rings is 1. The number of nitrogens with zero attached hydrogens (tertiary/aromatic N) is 5. The average molecular weight is 587 g/mol. The van der Waals surface area contributed by atoms with E-state index >= 15 is 0 Å². The number of nitrogens with two attached hydrogens (primary N) is 1. The topological polar surface area (TPSA) is 103 Å². The Labute approximate surface area is 238 Å². The first-order valence-corrected chi connectivity index (χ1v) is 13.4. The maximum Gasteiger partial charge on any atom is 0.416 e. The molecule has 42 heavy (non-hydrogen) atoms. The predicted molar refractivity (Wildman–Crippen MR) is 148 cm³/mol. The SMILES string of the molecule is Cc1c(N2CCN(Cc3cocn3)CC2)c(=O)n(CC(N)c2ccccc2)c(=O)n1Cc1c(F)cccc1C(F)(F)F. The summed E-state index contributed by atoms with van der Waals surface area (Å²) in [6.45, 7) is 3.03. The number of alkyl halides is 3. The largest absolute Gasteiger partial charge is 0.451 e. The highest BCUT2D eigenvalue weighted by atomic mass is 19.4. The van der Waals surface area contributed by atoms with E-state index in [4.69, 9.17) is 10.2 Å². The van der Waals surface area contributed by atoms with Crippen LogP contribution in [0.15, 0.2) is 75.2 Å². The smallest absolute Gasteiger partial charge is 0.416 e. The zero-order valence-electron chi connectivity index (χ0n) is 22.9. The summed E-state index contributed by atoms with van der Waals surface area (Å²) in [5.74, 6) is -1.10. The summed E-state index contributed by atoms with van der Waals surface area (Å²) in [7, 11) is 0. The maximum atomic E-state index is 14.9. The van der Waals surface area contributed by atoms with Gasteiger partial charge in [0.2, 0.25) is 0 Å². The van der Waals surface area contributed by atoms with Crippen LogP contribution in [0.1, 0.15) is 34.1 Å². The Hall–Kier alpha value is -4.23. The number of oxazole rings is 1. The van der Waals surface area contributed by atoms with E-state index in [2.05, 4.69) is 9.88 Å². The van der Waals surface area contributed by atoms with Crippen LogP contribution in [0.3, 0.4) is 0 Å². The van der Waals surface area contributed by atoms with E-state index in [1.54, 1.807) is 36.6 Å². The molecule has 5 rings (SSSR count). The van der Waals surface area contributed by atoms with Crippen molar-refractivity contribution < 1.29 is 22.0 Å². The molecule has 1 aliphatic rings. The second-order valence-corrected chi connectivity index (χ2v) is 10.2. The van der Waals surface area contributed by atoms with Gasteiger partial charge in [-0.15, -0.1) is 0 Å². The third-order valence-corrected chi connectivity index (χ3v) is 7.56. The molecule has 1 saturated heterocycles. The molecule has 2 aromatic heterocycles. The minimum absolute atomic E-state index is 0.149. The van der Waals surface area contributed by atoms with E-state index in [-0.39, 0.29) is 17.9 Å². The Kier molecular flexibility index (Phi) is 8.32. The van der Waals surface area contributed by atoms with Crippen molar-refractivity contribution >= 4 is 5.69 Å². The lowest BCUT2D eigenvalue weighted by Gasteiger charge is -2.36. The van der Waals surface area contributed by atoms with Gasteiger partial charge in [0.15, 0.2) is 6.39 Å². The number of hydrogen-bond donors (Lipinski definition) is 1. The van der Waals surface area contributed by atoms with Crippen molar-refractivity contribution in [2.24, 2.45) is 5.73 Å². The van der Waals surface area contributed by atoms with Gasteiger partial charge in [0, 0.05) is 50.0 Å². The summed E-state index contributed by atoms with van der Waals surface area (Å²) < 4.78 is 63.4. The summed E-state index contributed by atoms with van der Waals surface area (Å²) in [6, 6.07) is 10.8. The Morgan fingerprint density at radius 2 is 1.69 bits per heavy atom. The summed E-state index contributed by atoms with van der Waals surface area (Å²) in [6.07, 6.45) is -1.94. The van der Waals surface area contributed by atoms with Crippen molar-refractivity contribution in [3.05, 3.63) is 116 Å². The Morgan fingerprint density at radius 1 is 0.976 bits per heavy atom. The minimum Gasteiger partial charge on any atom is -0.451 e.